The van der Waals surface area contributed by atoms with Crippen molar-refractivity contribution in [2.75, 3.05) is 13.7 Å². The normalized spacial score (nSPS) is 27.8. The highest BCUT2D eigenvalue weighted by Crippen LogP contribution is 2.44. The Hall–Kier alpha value is -1.24. The summed E-state index contributed by atoms with van der Waals surface area (Å²) in [4.78, 5) is 29.0. The summed E-state index contributed by atoms with van der Waals surface area (Å²) < 4.78 is 28.2. The summed E-state index contributed by atoms with van der Waals surface area (Å²) in [6.45, 7) is -0.0254. The summed E-state index contributed by atoms with van der Waals surface area (Å²) in [6.07, 6.45) is -1.77. The number of rotatable bonds is 5. The second kappa shape index (κ2) is 6.58. The Labute approximate surface area is 140 Å². The lowest BCUT2D eigenvalue weighted by Crippen LogP contribution is -2.35. The highest BCUT2D eigenvalue weighted by atomic mass is 32.1. The summed E-state index contributed by atoms with van der Waals surface area (Å²) >= 11 is 5.07. The molecule has 0 spiro atoms. The first kappa shape index (κ1) is 17.6. The van der Waals surface area contributed by atoms with Crippen molar-refractivity contribution < 1.29 is 33.5 Å². The quantitative estimate of drug-likeness (QED) is 0.409. The van der Waals surface area contributed by atoms with Crippen molar-refractivity contribution in [1.82, 2.24) is 19.5 Å². The number of imidazole rings is 1. The molecule has 0 amide bonds. The lowest BCUT2D eigenvalue weighted by molar-refractivity contribution is -0.0577. The Bertz CT molecular complexity index is 835. The van der Waals surface area contributed by atoms with Gasteiger partial charge in [-0.05, 0) is 0 Å². The maximum absolute atomic E-state index is 11.2. The third-order valence-electron chi connectivity index (χ3n) is 3.55. The Balaban J connectivity index is 1.97. The summed E-state index contributed by atoms with van der Waals surface area (Å²) in [5.74, 6) is 0. The van der Waals surface area contributed by atoms with Gasteiger partial charge in [0.2, 0.25) is 0 Å². The number of aliphatic hydroxyl groups is 1. The summed E-state index contributed by atoms with van der Waals surface area (Å²) in [7, 11) is -3.43. The molecule has 0 bridgehead atoms. The average molecular weight is 378 g/mol. The molecule has 1 saturated heterocycles. The Morgan fingerprint density at radius 2 is 2.25 bits per heavy atom. The van der Waals surface area contributed by atoms with E-state index < -0.39 is 32.4 Å². The number of hydrogen-bond donors (Lipinski definition) is 4. The average Bonchev–Trinajstić information content (AvgIpc) is 3.03. The molecule has 0 radical (unpaired) electrons. The van der Waals surface area contributed by atoms with Crippen LogP contribution in [0.15, 0.2) is 12.7 Å². The van der Waals surface area contributed by atoms with E-state index in [0.29, 0.717) is 11.2 Å². The molecule has 11 nitrogen and oxygen atoms in total. The molecule has 3 rings (SSSR count). The summed E-state index contributed by atoms with van der Waals surface area (Å²) in [6, 6.07) is 0. The van der Waals surface area contributed by atoms with Crippen molar-refractivity contribution in [3.05, 3.63) is 17.3 Å². The van der Waals surface area contributed by atoms with Gasteiger partial charge in [0.05, 0.1) is 19.3 Å². The van der Waals surface area contributed by atoms with Crippen molar-refractivity contribution in [3.63, 3.8) is 0 Å². The van der Waals surface area contributed by atoms with Crippen molar-refractivity contribution in [2.24, 2.45) is 0 Å². The number of aromatic amines is 1. The molecular formula is C11H15N4O7PS. The molecule has 0 aromatic carbocycles. The predicted molar refractivity (Wildman–Crippen MR) is 81.4 cm³/mol. The zero-order valence-electron chi connectivity index (χ0n) is 12.3. The SMILES string of the molecule is COC[C@H]1O[C@@H](n2cnc3c(=S)nc[nH]c32)[C@H](O)[C@@H]1OP(=O)(O)O. The van der Waals surface area contributed by atoms with Gasteiger partial charge in [0.25, 0.3) is 0 Å². The smallest absolute Gasteiger partial charge is 0.386 e. The van der Waals surface area contributed by atoms with Crippen LogP contribution in [0.3, 0.4) is 0 Å². The Morgan fingerprint density at radius 3 is 2.92 bits per heavy atom. The summed E-state index contributed by atoms with van der Waals surface area (Å²) in [5, 5.41) is 10.5. The van der Waals surface area contributed by atoms with Crippen LogP contribution in [0.4, 0.5) is 0 Å². The molecule has 2 aromatic rings. The van der Waals surface area contributed by atoms with Crippen molar-refractivity contribution in [2.45, 2.75) is 24.5 Å². The molecule has 1 aliphatic rings. The zero-order valence-corrected chi connectivity index (χ0v) is 14.1. The number of H-pyrrole nitrogens is 1. The fraction of sp³-hybridized carbons (Fsp3) is 0.545. The topological polar surface area (TPSA) is 152 Å². The van der Waals surface area contributed by atoms with Crippen LogP contribution in [0, 0.1) is 4.64 Å². The maximum atomic E-state index is 11.2. The Kier molecular flexibility index (Phi) is 4.82. The second-order valence-electron chi connectivity index (χ2n) is 5.13. The molecule has 1 aliphatic heterocycles. The first-order valence-corrected chi connectivity index (χ1v) is 8.72. The van der Waals surface area contributed by atoms with Crippen LogP contribution in [0.5, 0.6) is 0 Å². The van der Waals surface area contributed by atoms with Crippen LogP contribution in [0.2, 0.25) is 0 Å². The number of nitrogens with zero attached hydrogens (tertiary/aromatic N) is 3. The standard InChI is InChI=1S/C11H15N4O7PS/c1-20-2-5-8(22-23(17,18)19)7(16)11(21-5)15-4-14-6-9(15)12-3-13-10(6)24/h3-5,7-8,11,16H,2H2,1H3,(H,12,13,24)(H2,17,18,19)/t5-,7-,8-,11-/m1/s1. The first-order chi connectivity index (χ1) is 11.3. The fourth-order valence-corrected chi connectivity index (χ4v) is 3.38. The van der Waals surface area contributed by atoms with Crippen molar-refractivity contribution in [1.29, 1.82) is 0 Å². The monoisotopic (exact) mass is 378 g/mol. The van der Waals surface area contributed by atoms with Crippen LogP contribution in [0.1, 0.15) is 6.23 Å². The number of ether oxygens (including phenoxy) is 2. The second-order valence-corrected chi connectivity index (χ2v) is 6.71. The number of fused-ring (bicyclic) bond motifs is 1. The van der Waals surface area contributed by atoms with Crippen LogP contribution in [-0.4, -0.2) is 66.4 Å². The molecule has 4 N–H and O–H groups in total. The van der Waals surface area contributed by atoms with Gasteiger partial charge in [0.1, 0.15) is 29.5 Å². The van der Waals surface area contributed by atoms with Crippen molar-refractivity contribution in [3.8, 4) is 0 Å². The zero-order chi connectivity index (χ0) is 17.5. The number of aromatic nitrogens is 4. The highest BCUT2D eigenvalue weighted by Gasteiger charge is 2.48. The molecule has 0 unspecified atom stereocenters. The number of nitrogens with one attached hydrogen (secondary N) is 1. The van der Waals surface area contributed by atoms with Crippen LogP contribution in [0.25, 0.3) is 11.2 Å². The predicted octanol–water partition coefficient (Wildman–Crippen LogP) is -0.129. The lowest BCUT2D eigenvalue weighted by Gasteiger charge is -2.20. The minimum Gasteiger partial charge on any atom is -0.386 e. The molecule has 0 saturated carbocycles. The Morgan fingerprint density at radius 1 is 1.50 bits per heavy atom. The number of hydrogen-bond acceptors (Lipinski definition) is 8. The third kappa shape index (κ3) is 3.27. The van der Waals surface area contributed by atoms with Gasteiger partial charge in [-0.2, -0.15) is 0 Å². The van der Waals surface area contributed by atoms with Crippen LogP contribution >= 0.6 is 20.0 Å². The van der Waals surface area contributed by atoms with Gasteiger partial charge in [-0.15, -0.1) is 0 Å². The molecule has 3 heterocycles. The number of methoxy groups -OCH3 is 1. The van der Waals surface area contributed by atoms with Crippen LogP contribution in [-0.2, 0) is 18.6 Å². The number of phosphoric acid groups is 1. The van der Waals surface area contributed by atoms with Gasteiger partial charge >= 0.3 is 7.82 Å². The molecule has 13 heteroatoms. The summed E-state index contributed by atoms with van der Waals surface area (Å²) in [5.41, 5.74) is 0.859. The molecule has 1 fully saturated rings. The molecule has 2 aromatic heterocycles. The first-order valence-electron chi connectivity index (χ1n) is 6.78. The van der Waals surface area contributed by atoms with Gasteiger partial charge in [-0.25, -0.2) is 14.5 Å². The third-order valence-corrected chi connectivity index (χ3v) is 4.37. The van der Waals surface area contributed by atoms with Gasteiger partial charge in [-0.1, -0.05) is 12.2 Å². The van der Waals surface area contributed by atoms with E-state index in [0.717, 1.165) is 0 Å². The van der Waals surface area contributed by atoms with Gasteiger partial charge < -0.3 is 29.4 Å². The van der Waals surface area contributed by atoms with E-state index in [1.54, 1.807) is 0 Å². The largest absolute Gasteiger partial charge is 0.470 e. The molecule has 24 heavy (non-hydrogen) atoms. The number of aliphatic hydroxyl groups excluding tert-OH is 1. The van der Waals surface area contributed by atoms with E-state index in [2.05, 4.69) is 19.5 Å². The minimum absolute atomic E-state index is 0.0254. The van der Waals surface area contributed by atoms with E-state index in [4.69, 9.17) is 31.5 Å². The van der Waals surface area contributed by atoms with E-state index in [1.807, 2.05) is 0 Å². The maximum Gasteiger partial charge on any atom is 0.470 e. The molecule has 132 valence electrons. The highest BCUT2D eigenvalue weighted by molar-refractivity contribution is 7.71. The van der Waals surface area contributed by atoms with Gasteiger partial charge in [0, 0.05) is 7.11 Å². The van der Waals surface area contributed by atoms with Gasteiger partial charge in [-0.3, -0.25) is 9.09 Å². The molecular weight excluding hydrogens is 363 g/mol. The number of phosphoric ester groups is 1. The van der Waals surface area contributed by atoms with E-state index in [-0.39, 0.29) is 11.2 Å². The molecule has 4 atom stereocenters. The van der Waals surface area contributed by atoms with E-state index in [9.17, 15) is 9.67 Å². The van der Waals surface area contributed by atoms with Gasteiger partial charge in [0.15, 0.2) is 10.9 Å². The van der Waals surface area contributed by atoms with E-state index in [1.165, 1.54) is 24.3 Å². The minimum atomic E-state index is -4.83. The fourth-order valence-electron chi connectivity index (χ4n) is 2.60. The molecule has 0 aliphatic carbocycles. The van der Waals surface area contributed by atoms with E-state index >= 15 is 0 Å². The van der Waals surface area contributed by atoms with Crippen LogP contribution < -0.4 is 0 Å². The lowest BCUT2D eigenvalue weighted by atomic mass is 10.1. The van der Waals surface area contributed by atoms with Crippen molar-refractivity contribution >= 4 is 31.2 Å².